The zero-order valence-electron chi connectivity index (χ0n) is 14.7. The normalized spacial score (nSPS) is 29.1. The number of rotatable bonds is 5. The number of nitrogens with zero attached hydrogens (tertiary/aromatic N) is 4. The molecule has 2 amide bonds. The highest BCUT2D eigenvalue weighted by Gasteiger charge is 2.55. The number of amides is 2. The van der Waals surface area contributed by atoms with E-state index in [1.165, 1.54) is 0 Å². The third-order valence-corrected chi connectivity index (χ3v) is 5.60. The fraction of sp³-hybridized carbons (Fsp3) is 0.750. The van der Waals surface area contributed by atoms with Gasteiger partial charge in [0.1, 0.15) is 17.0 Å². The summed E-state index contributed by atoms with van der Waals surface area (Å²) in [7, 11) is 3.32. The molecule has 1 aromatic heterocycles. The van der Waals surface area contributed by atoms with E-state index in [0.717, 1.165) is 12.8 Å². The molecule has 3 heterocycles. The van der Waals surface area contributed by atoms with Crippen LogP contribution in [0, 0.1) is 6.92 Å². The molecule has 2 atom stereocenters. The Bertz CT molecular complexity index is 709. The summed E-state index contributed by atoms with van der Waals surface area (Å²) in [4.78, 5) is 31.0. The van der Waals surface area contributed by atoms with E-state index >= 15 is 0 Å². The summed E-state index contributed by atoms with van der Waals surface area (Å²) in [6, 6.07) is 0.00539. The van der Waals surface area contributed by atoms with Crippen molar-refractivity contribution in [3.8, 4) is 0 Å². The Morgan fingerprint density at radius 3 is 2.80 bits per heavy atom. The highest BCUT2D eigenvalue weighted by atomic mass is 16.5. The minimum atomic E-state index is -0.655. The van der Waals surface area contributed by atoms with Crippen molar-refractivity contribution in [3.63, 3.8) is 0 Å². The van der Waals surface area contributed by atoms with Crippen molar-refractivity contribution in [2.45, 2.75) is 43.4 Å². The van der Waals surface area contributed by atoms with Crippen LogP contribution >= 0.6 is 0 Å². The van der Waals surface area contributed by atoms with Crippen LogP contribution in [-0.2, 0) is 21.3 Å². The molecule has 2 bridgehead atoms. The minimum Gasteiger partial charge on any atom is -0.369 e. The molecule has 3 fully saturated rings. The van der Waals surface area contributed by atoms with Crippen LogP contribution in [-0.4, -0.2) is 75.5 Å². The quantitative estimate of drug-likeness (QED) is 0.762. The number of methoxy groups -OCH3 is 1. The summed E-state index contributed by atoms with van der Waals surface area (Å²) < 4.78 is 12.8. The number of nitrogens with one attached hydrogen (secondary N) is 1. The lowest BCUT2D eigenvalue weighted by Crippen LogP contribution is -2.52. The second-order valence-corrected chi connectivity index (χ2v) is 7.27. The molecule has 4 rings (SSSR count). The van der Waals surface area contributed by atoms with E-state index in [9.17, 15) is 9.59 Å². The van der Waals surface area contributed by atoms with Gasteiger partial charge < -0.3 is 19.7 Å². The predicted molar refractivity (Wildman–Crippen MR) is 85.8 cm³/mol. The Labute approximate surface area is 145 Å². The average molecular weight is 349 g/mol. The molecule has 9 heteroatoms. The highest BCUT2D eigenvalue weighted by molar-refractivity contribution is 5.91. The van der Waals surface area contributed by atoms with Crippen molar-refractivity contribution in [1.82, 2.24) is 25.0 Å². The van der Waals surface area contributed by atoms with Gasteiger partial charge in [-0.15, -0.1) is 5.10 Å². The number of morpholine rings is 1. The number of fused-ring (bicyclic) bond motifs is 2. The molecule has 0 aromatic carbocycles. The largest absolute Gasteiger partial charge is 0.369 e. The Morgan fingerprint density at radius 1 is 1.44 bits per heavy atom. The molecule has 2 unspecified atom stereocenters. The van der Waals surface area contributed by atoms with Gasteiger partial charge >= 0.3 is 0 Å². The van der Waals surface area contributed by atoms with Gasteiger partial charge in [0.15, 0.2) is 0 Å². The van der Waals surface area contributed by atoms with Crippen molar-refractivity contribution in [2.24, 2.45) is 7.05 Å². The van der Waals surface area contributed by atoms with Crippen LogP contribution in [0.3, 0.4) is 0 Å². The average Bonchev–Trinajstić information content (AvgIpc) is 3.02. The molecule has 136 valence electrons. The molecule has 25 heavy (non-hydrogen) atoms. The monoisotopic (exact) mass is 349 g/mol. The van der Waals surface area contributed by atoms with E-state index in [0.29, 0.717) is 31.9 Å². The van der Waals surface area contributed by atoms with Gasteiger partial charge in [-0.25, -0.2) is 4.98 Å². The number of aromatic nitrogens is 3. The number of carbonyl (C=O) groups is 2. The van der Waals surface area contributed by atoms with E-state index in [2.05, 4.69) is 15.4 Å². The first-order valence-electron chi connectivity index (χ1n) is 8.54. The number of aryl methyl sites for hydroxylation is 2. The van der Waals surface area contributed by atoms with Gasteiger partial charge in [-0.05, 0) is 19.8 Å². The molecule has 1 aromatic rings. The summed E-state index contributed by atoms with van der Waals surface area (Å²) in [6.45, 7) is 3.10. The number of carbonyl (C=O) groups excluding carboxylic acids is 2. The molecular weight excluding hydrogens is 326 g/mol. The van der Waals surface area contributed by atoms with Gasteiger partial charge in [0.05, 0.1) is 19.2 Å². The zero-order chi connectivity index (χ0) is 17.8. The van der Waals surface area contributed by atoms with Crippen LogP contribution in [0.2, 0.25) is 0 Å². The van der Waals surface area contributed by atoms with Crippen LogP contribution in [0.15, 0.2) is 0 Å². The van der Waals surface area contributed by atoms with E-state index < -0.39 is 11.2 Å². The second kappa shape index (κ2) is 5.50. The van der Waals surface area contributed by atoms with Crippen LogP contribution in [0.1, 0.15) is 35.7 Å². The number of ether oxygens (including phenoxy) is 2. The van der Waals surface area contributed by atoms with Crippen LogP contribution in [0.4, 0.5) is 0 Å². The first-order chi connectivity index (χ1) is 11.9. The van der Waals surface area contributed by atoms with Crippen molar-refractivity contribution in [1.29, 1.82) is 0 Å². The molecular formula is C16H23N5O4. The summed E-state index contributed by atoms with van der Waals surface area (Å²) in [6.07, 6.45) is 2.22. The first kappa shape index (κ1) is 16.5. The summed E-state index contributed by atoms with van der Waals surface area (Å²) in [5.74, 6) is 0.632. The van der Waals surface area contributed by atoms with Gasteiger partial charge in [-0.2, -0.15) is 0 Å². The van der Waals surface area contributed by atoms with Gasteiger partial charge in [0.25, 0.3) is 11.8 Å². The lowest BCUT2D eigenvalue weighted by atomic mass is 10.0. The fourth-order valence-electron chi connectivity index (χ4n) is 3.71. The number of hydrogen-bond acceptors (Lipinski definition) is 6. The Kier molecular flexibility index (Phi) is 3.62. The molecule has 0 spiro atoms. The maximum absolute atomic E-state index is 12.7. The maximum atomic E-state index is 12.7. The maximum Gasteiger partial charge on any atom is 0.293 e. The van der Waals surface area contributed by atoms with Gasteiger partial charge in [0.2, 0.25) is 5.82 Å². The smallest absolute Gasteiger partial charge is 0.293 e. The lowest BCUT2D eigenvalue weighted by molar-refractivity contribution is -0.135. The van der Waals surface area contributed by atoms with E-state index in [-0.39, 0.29) is 23.7 Å². The highest BCUT2D eigenvalue weighted by Crippen LogP contribution is 2.40. The van der Waals surface area contributed by atoms with Crippen molar-refractivity contribution >= 4 is 11.8 Å². The van der Waals surface area contributed by atoms with Crippen molar-refractivity contribution < 1.29 is 19.1 Å². The second-order valence-electron chi connectivity index (χ2n) is 7.27. The predicted octanol–water partition coefficient (Wildman–Crippen LogP) is -0.598. The molecule has 0 radical (unpaired) electrons. The van der Waals surface area contributed by atoms with Crippen molar-refractivity contribution in [2.75, 3.05) is 26.8 Å². The Balaban J connectivity index is 1.42. The fourth-order valence-corrected chi connectivity index (χ4v) is 3.71. The minimum absolute atomic E-state index is 0.00539. The van der Waals surface area contributed by atoms with Gasteiger partial charge in [-0.1, -0.05) is 0 Å². The van der Waals surface area contributed by atoms with Gasteiger partial charge in [0, 0.05) is 27.1 Å². The third-order valence-electron chi connectivity index (χ3n) is 5.60. The lowest BCUT2D eigenvalue weighted by Gasteiger charge is -2.32. The molecule has 3 aliphatic rings. The summed E-state index contributed by atoms with van der Waals surface area (Å²) >= 11 is 0. The first-order valence-corrected chi connectivity index (χ1v) is 8.54. The van der Waals surface area contributed by atoms with Crippen LogP contribution in [0.25, 0.3) is 0 Å². The number of hydrogen-bond donors (Lipinski definition) is 1. The zero-order valence-corrected chi connectivity index (χ0v) is 14.7. The van der Waals surface area contributed by atoms with E-state index in [4.69, 9.17) is 9.47 Å². The molecule has 2 aliphatic heterocycles. The Morgan fingerprint density at radius 2 is 2.20 bits per heavy atom. The molecule has 2 saturated heterocycles. The summed E-state index contributed by atoms with van der Waals surface area (Å²) in [5, 5.41) is 7.12. The van der Waals surface area contributed by atoms with Crippen LogP contribution < -0.4 is 5.32 Å². The third kappa shape index (κ3) is 2.62. The molecule has 9 nitrogen and oxygen atoms in total. The van der Waals surface area contributed by atoms with E-state index in [1.54, 1.807) is 23.7 Å². The Hall–Kier alpha value is -2.00. The topological polar surface area (TPSA) is 98.6 Å². The summed E-state index contributed by atoms with van der Waals surface area (Å²) in [5.41, 5.74) is -1.18. The number of likely N-dealkylation sites (tertiary alicyclic amines) is 1. The molecule has 1 saturated carbocycles. The van der Waals surface area contributed by atoms with E-state index in [1.807, 2.05) is 6.92 Å². The standard InChI is InChI=1S/C16H23N5O4/c1-10-18-12(19-20(10)2)13(22)21-9-15(6-11(21)7-25-15)8-17-14(23)16(24-3)4-5-16/h11H,4-9H2,1-3H3,(H,17,23). The molecule has 1 aliphatic carbocycles. The SMILES string of the molecule is COC1(C(=O)NCC23CC(CO2)N(C(=O)c2nc(C)n(C)n2)C3)CC1. The van der Waals surface area contributed by atoms with Gasteiger partial charge in [-0.3, -0.25) is 14.3 Å². The van der Waals surface area contributed by atoms with Crippen LogP contribution in [0.5, 0.6) is 0 Å². The van der Waals surface area contributed by atoms with Crippen molar-refractivity contribution in [3.05, 3.63) is 11.6 Å². The molecule has 1 N–H and O–H groups in total.